The van der Waals surface area contributed by atoms with E-state index in [1.165, 1.54) is 6.07 Å². The monoisotopic (exact) mass is 404 g/mol. The minimum atomic E-state index is -2.95. The standard InChI is InChI=1S/C20H26F2N6O/c1-12-6-7-15(17(9-12)29-19(21)22)18-16(10-13(2)23)25-20(27-26-18)24-14-5-4-8-28(3)11-14/h6-7,9-10,14,19H,4-5,8,11,23H2,1-3H3,(H,24,25,27)/t14-/m0/s1. The molecule has 1 fully saturated rings. The Kier molecular flexibility index (Phi) is 6.58. The number of nitrogens with zero attached hydrogens (tertiary/aromatic N) is 4. The minimum Gasteiger partial charge on any atom is -0.434 e. The van der Waals surface area contributed by atoms with Gasteiger partial charge in [0.25, 0.3) is 0 Å². The van der Waals surface area contributed by atoms with Gasteiger partial charge in [0.15, 0.2) is 0 Å². The minimum absolute atomic E-state index is 0.0232. The Morgan fingerprint density at radius 1 is 1.38 bits per heavy atom. The smallest absolute Gasteiger partial charge is 0.387 e. The van der Waals surface area contributed by atoms with Crippen LogP contribution in [0.5, 0.6) is 5.75 Å². The van der Waals surface area contributed by atoms with Crippen LogP contribution < -0.4 is 15.8 Å². The van der Waals surface area contributed by atoms with E-state index in [0.717, 1.165) is 31.5 Å². The SMILES string of the molecule is CC(N)=Cc1nc(N[C@H]2CCCN(C)C2)nnc1-c1ccc(C)cc1OC(F)F. The summed E-state index contributed by atoms with van der Waals surface area (Å²) in [5, 5.41) is 11.8. The Bertz CT molecular complexity index is 885. The maximum Gasteiger partial charge on any atom is 0.387 e. The second-order valence-electron chi connectivity index (χ2n) is 7.38. The third kappa shape index (κ3) is 5.60. The summed E-state index contributed by atoms with van der Waals surface area (Å²) in [6.45, 7) is 2.52. The summed E-state index contributed by atoms with van der Waals surface area (Å²) in [5.74, 6) is 0.403. The third-order valence-electron chi connectivity index (χ3n) is 4.64. The topological polar surface area (TPSA) is 89.2 Å². The Morgan fingerprint density at radius 3 is 2.86 bits per heavy atom. The Balaban J connectivity index is 1.98. The molecule has 0 aliphatic carbocycles. The molecule has 1 aromatic heterocycles. The van der Waals surface area contributed by atoms with Crippen LogP contribution in [0.25, 0.3) is 17.3 Å². The van der Waals surface area contributed by atoms with Gasteiger partial charge in [0.1, 0.15) is 11.4 Å². The Labute approximate surface area is 169 Å². The molecule has 0 unspecified atom stereocenters. The quantitative estimate of drug-likeness (QED) is 0.764. The number of allylic oxidation sites excluding steroid dienone is 1. The van der Waals surface area contributed by atoms with E-state index in [1.54, 1.807) is 32.1 Å². The van der Waals surface area contributed by atoms with E-state index in [2.05, 4.69) is 32.4 Å². The number of halogens is 2. The molecule has 1 aliphatic heterocycles. The van der Waals surface area contributed by atoms with Gasteiger partial charge >= 0.3 is 6.61 Å². The highest BCUT2D eigenvalue weighted by molar-refractivity contribution is 5.75. The lowest BCUT2D eigenvalue weighted by Crippen LogP contribution is -2.40. The molecular weight excluding hydrogens is 378 g/mol. The molecule has 7 nitrogen and oxygen atoms in total. The molecule has 3 rings (SSSR count). The van der Waals surface area contributed by atoms with Crippen LogP contribution >= 0.6 is 0 Å². The number of hydrogen-bond acceptors (Lipinski definition) is 7. The van der Waals surface area contributed by atoms with Crippen LogP contribution in [0.2, 0.25) is 0 Å². The maximum absolute atomic E-state index is 12.9. The molecule has 29 heavy (non-hydrogen) atoms. The Morgan fingerprint density at radius 2 is 2.17 bits per heavy atom. The van der Waals surface area contributed by atoms with Crippen molar-refractivity contribution >= 4 is 12.0 Å². The van der Waals surface area contributed by atoms with Crippen LogP contribution in [0.3, 0.4) is 0 Å². The average molecular weight is 404 g/mol. The molecule has 1 aliphatic rings. The molecule has 1 aromatic carbocycles. The van der Waals surface area contributed by atoms with Crippen LogP contribution in [-0.2, 0) is 0 Å². The van der Waals surface area contributed by atoms with Crippen molar-refractivity contribution in [2.24, 2.45) is 5.73 Å². The number of hydrogen-bond donors (Lipinski definition) is 2. The van der Waals surface area contributed by atoms with Gasteiger partial charge in [0, 0.05) is 23.8 Å². The van der Waals surface area contributed by atoms with Gasteiger partial charge in [-0.3, -0.25) is 0 Å². The molecule has 0 bridgehead atoms. The molecule has 1 saturated heterocycles. The van der Waals surface area contributed by atoms with E-state index >= 15 is 0 Å². The lowest BCUT2D eigenvalue weighted by molar-refractivity contribution is -0.0494. The molecule has 156 valence electrons. The highest BCUT2D eigenvalue weighted by atomic mass is 19.3. The van der Waals surface area contributed by atoms with Gasteiger partial charge < -0.3 is 20.7 Å². The van der Waals surface area contributed by atoms with Gasteiger partial charge in [0.2, 0.25) is 5.95 Å². The molecule has 2 aromatic rings. The van der Waals surface area contributed by atoms with E-state index < -0.39 is 6.61 Å². The number of nitrogens with one attached hydrogen (secondary N) is 1. The van der Waals surface area contributed by atoms with Crippen molar-refractivity contribution < 1.29 is 13.5 Å². The lowest BCUT2D eigenvalue weighted by atomic mass is 10.1. The summed E-state index contributed by atoms with van der Waals surface area (Å²) in [5.41, 5.74) is 8.31. The summed E-state index contributed by atoms with van der Waals surface area (Å²) >= 11 is 0. The normalized spacial score (nSPS) is 18.1. The number of likely N-dealkylation sites (tertiary alicyclic amines) is 1. The maximum atomic E-state index is 12.9. The first-order valence-corrected chi connectivity index (χ1v) is 9.51. The van der Waals surface area contributed by atoms with E-state index in [0.29, 0.717) is 28.6 Å². The van der Waals surface area contributed by atoms with Gasteiger partial charge in [-0.1, -0.05) is 6.07 Å². The van der Waals surface area contributed by atoms with Gasteiger partial charge in [-0.25, -0.2) is 4.98 Å². The fourth-order valence-electron chi connectivity index (χ4n) is 3.39. The van der Waals surface area contributed by atoms with Crippen molar-refractivity contribution in [1.82, 2.24) is 20.1 Å². The number of ether oxygens (including phenoxy) is 1. The largest absolute Gasteiger partial charge is 0.434 e. The number of anilines is 1. The number of alkyl halides is 2. The number of nitrogens with two attached hydrogens (primary N) is 1. The summed E-state index contributed by atoms with van der Waals surface area (Å²) in [6, 6.07) is 5.22. The molecule has 3 N–H and O–H groups in total. The first-order chi connectivity index (χ1) is 13.8. The first kappa shape index (κ1) is 20.9. The summed E-state index contributed by atoms with van der Waals surface area (Å²) in [7, 11) is 2.07. The van der Waals surface area contributed by atoms with Crippen LogP contribution in [0, 0.1) is 6.92 Å². The zero-order chi connectivity index (χ0) is 21.0. The third-order valence-corrected chi connectivity index (χ3v) is 4.64. The molecule has 0 saturated carbocycles. The van der Waals surface area contributed by atoms with Crippen molar-refractivity contribution in [3.63, 3.8) is 0 Å². The molecule has 2 heterocycles. The van der Waals surface area contributed by atoms with Crippen molar-refractivity contribution in [2.45, 2.75) is 39.3 Å². The molecule has 0 amide bonds. The van der Waals surface area contributed by atoms with Crippen LogP contribution in [0.4, 0.5) is 14.7 Å². The second-order valence-corrected chi connectivity index (χ2v) is 7.38. The van der Waals surface area contributed by atoms with E-state index in [9.17, 15) is 8.78 Å². The van der Waals surface area contributed by atoms with Crippen LogP contribution in [0.1, 0.15) is 31.0 Å². The van der Waals surface area contributed by atoms with Gasteiger partial charge in [-0.2, -0.15) is 8.78 Å². The predicted molar refractivity (Wildman–Crippen MR) is 109 cm³/mol. The van der Waals surface area contributed by atoms with Crippen LogP contribution in [0.15, 0.2) is 23.9 Å². The molecule has 9 heteroatoms. The molecular formula is C20H26F2N6O. The number of rotatable bonds is 6. The van der Waals surface area contributed by atoms with Crippen LogP contribution in [-0.4, -0.2) is 52.9 Å². The summed E-state index contributed by atoms with van der Waals surface area (Å²) < 4.78 is 30.5. The van der Waals surface area contributed by atoms with E-state index in [1.807, 2.05) is 0 Å². The highest BCUT2D eigenvalue weighted by Gasteiger charge is 2.20. The summed E-state index contributed by atoms with van der Waals surface area (Å²) in [6.07, 6.45) is 3.75. The highest BCUT2D eigenvalue weighted by Crippen LogP contribution is 2.33. The number of aryl methyl sites for hydroxylation is 1. The summed E-state index contributed by atoms with van der Waals surface area (Å²) in [4.78, 5) is 6.79. The number of likely N-dealkylation sites (N-methyl/N-ethyl adjacent to an activating group) is 1. The number of benzene rings is 1. The van der Waals surface area contributed by atoms with Crippen molar-refractivity contribution in [2.75, 3.05) is 25.5 Å². The molecule has 0 radical (unpaired) electrons. The first-order valence-electron chi connectivity index (χ1n) is 9.51. The van der Waals surface area contributed by atoms with E-state index in [4.69, 9.17) is 10.5 Å². The van der Waals surface area contributed by atoms with Gasteiger partial charge in [-0.15, -0.1) is 10.2 Å². The van der Waals surface area contributed by atoms with E-state index in [-0.39, 0.29) is 11.8 Å². The fourth-order valence-corrected chi connectivity index (χ4v) is 3.39. The lowest BCUT2D eigenvalue weighted by Gasteiger charge is -2.30. The van der Waals surface area contributed by atoms with Gasteiger partial charge in [-0.05, 0) is 64.1 Å². The molecule has 0 spiro atoms. The fraction of sp³-hybridized carbons (Fsp3) is 0.450. The second kappa shape index (κ2) is 9.13. The van der Waals surface area contributed by atoms with Crippen molar-refractivity contribution in [1.29, 1.82) is 0 Å². The van der Waals surface area contributed by atoms with Crippen molar-refractivity contribution in [3.05, 3.63) is 35.2 Å². The van der Waals surface area contributed by atoms with Gasteiger partial charge in [0.05, 0.1) is 5.69 Å². The van der Waals surface area contributed by atoms with Crippen molar-refractivity contribution in [3.8, 4) is 17.0 Å². The molecule has 1 atom stereocenters. The average Bonchev–Trinajstić information content (AvgIpc) is 2.62. The Hall–Kier alpha value is -2.81. The zero-order valence-corrected chi connectivity index (χ0v) is 16.8. The zero-order valence-electron chi connectivity index (χ0n) is 16.8. The number of aromatic nitrogens is 3. The predicted octanol–water partition coefficient (Wildman–Crippen LogP) is 3.27. The number of piperidine rings is 1.